The fourth-order valence-electron chi connectivity index (χ4n) is 2.88. The molecule has 0 aromatic heterocycles. The molecule has 1 unspecified atom stereocenters. The molecule has 0 saturated heterocycles. The molecular weight excluding hydrogens is 322 g/mol. The number of allylic oxidation sites excluding steroid dienone is 3. The highest BCUT2D eigenvalue weighted by molar-refractivity contribution is 7.84. The molecule has 24 heavy (non-hydrogen) atoms. The van der Waals surface area contributed by atoms with E-state index >= 15 is 0 Å². The monoisotopic (exact) mass is 359 g/mol. The molecule has 0 aromatic rings. The highest BCUT2D eigenvalue weighted by atomic mass is 32.2. The molecular formula is C19H37NO3S. The van der Waals surface area contributed by atoms with E-state index in [2.05, 4.69) is 32.2 Å². The van der Waals surface area contributed by atoms with Crippen molar-refractivity contribution in [2.24, 2.45) is 0 Å². The van der Waals surface area contributed by atoms with Gasteiger partial charge in [0.25, 0.3) is 0 Å². The molecule has 0 saturated carbocycles. The Morgan fingerprint density at radius 2 is 1.42 bits per heavy atom. The smallest absolute Gasteiger partial charge is 0.112 e. The van der Waals surface area contributed by atoms with Crippen molar-refractivity contribution < 1.29 is 17.9 Å². The minimum Gasteiger partial charge on any atom is -0.748 e. The predicted molar refractivity (Wildman–Crippen MR) is 101 cm³/mol. The van der Waals surface area contributed by atoms with Crippen molar-refractivity contribution in [2.45, 2.75) is 84.5 Å². The topological polar surface area (TPSA) is 61.6 Å². The summed E-state index contributed by atoms with van der Waals surface area (Å²) in [6, 6.07) is 0. The molecule has 0 spiro atoms. The predicted octanol–water partition coefficient (Wildman–Crippen LogP) is 3.77. The van der Waals surface area contributed by atoms with E-state index in [9.17, 15) is 0 Å². The number of rotatable bonds is 12. The van der Waals surface area contributed by atoms with Crippen molar-refractivity contribution in [3.8, 4) is 0 Å². The molecule has 142 valence electrons. The van der Waals surface area contributed by atoms with Crippen molar-refractivity contribution >= 4 is 10.1 Å². The number of unbranched alkanes of at least 4 members (excludes halogenated alkanes) is 8. The molecule has 0 amide bonds. The van der Waals surface area contributed by atoms with Gasteiger partial charge in [0.15, 0.2) is 0 Å². The molecule has 0 fully saturated rings. The Kier molecular flexibility index (Phi) is 14.3. The van der Waals surface area contributed by atoms with Crippen LogP contribution in [0.2, 0.25) is 0 Å². The molecule has 1 atom stereocenters. The summed E-state index contributed by atoms with van der Waals surface area (Å²) in [5, 5.41) is 0. The van der Waals surface area contributed by atoms with Crippen LogP contribution in [0.4, 0.5) is 0 Å². The number of hydrogen-bond donors (Lipinski definition) is 1. The molecule has 1 aliphatic rings. The average molecular weight is 360 g/mol. The van der Waals surface area contributed by atoms with Crippen LogP contribution in [0.15, 0.2) is 24.0 Å². The fraction of sp³-hybridized carbons (Fsp3) is 0.789. The van der Waals surface area contributed by atoms with E-state index in [-0.39, 0.29) is 0 Å². The van der Waals surface area contributed by atoms with Gasteiger partial charge in [-0.1, -0.05) is 58.8 Å². The Morgan fingerprint density at radius 3 is 1.92 bits per heavy atom. The van der Waals surface area contributed by atoms with Gasteiger partial charge >= 0.3 is 0 Å². The highest BCUT2D eigenvalue weighted by Gasteiger charge is 2.14. The Labute approximate surface area is 149 Å². The summed E-state index contributed by atoms with van der Waals surface area (Å²) < 4.78 is 27.2. The first-order valence-electron chi connectivity index (χ1n) is 9.52. The van der Waals surface area contributed by atoms with Crippen molar-refractivity contribution in [3.05, 3.63) is 24.0 Å². The minimum absolute atomic E-state index is 0.604. The molecule has 0 radical (unpaired) electrons. The summed E-state index contributed by atoms with van der Waals surface area (Å²) in [6.07, 6.45) is 22.9. The van der Waals surface area contributed by atoms with E-state index in [0.717, 1.165) is 0 Å². The minimum atomic E-state index is -3.92. The molecule has 1 N–H and O–H groups in total. The van der Waals surface area contributed by atoms with Gasteiger partial charge in [-0.05, 0) is 25.3 Å². The van der Waals surface area contributed by atoms with E-state index in [0.29, 0.717) is 6.26 Å². The van der Waals surface area contributed by atoms with Gasteiger partial charge in [-0.3, -0.25) is 4.90 Å². The quantitative estimate of drug-likeness (QED) is 0.426. The Hall–Kier alpha value is -0.650. The normalized spacial score (nSPS) is 16.7. The summed E-state index contributed by atoms with van der Waals surface area (Å²) in [7, 11) is -3.92. The average Bonchev–Trinajstić information content (AvgIpc) is 2.92. The van der Waals surface area contributed by atoms with Gasteiger partial charge in [0.2, 0.25) is 0 Å². The molecule has 0 bridgehead atoms. The first kappa shape index (κ1) is 23.4. The van der Waals surface area contributed by atoms with Crippen LogP contribution in [0, 0.1) is 0 Å². The molecule has 1 heterocycles. The van der Waals surface area contributed by atoms with Crippen LogP contribution in [0.25, 0.3) is 0 Å². The second-order valence-corrected chi connectivity index (χ2v) is 8.02. The zero-order valence-electron chi connectivity index (χ0n) is 15.9. The Balaban J connectivity index is 0.000000922. The summed E-state index contributed by atoms with van der Waals surface area (Å²) in [4.78, 5) is 1.62. The molecule has 0 aliphatic carbocycles. The van der Waals surface area contributed by atoms with E-state index < -0.39 is 10.1 Å². The van der Waals surface area contributed by atoms with Crippen LogP contribution in [0.3, 0.4) is 0 Å². The first-order chi connectivity index (χ1) is 11.4. The zero-order chi connectivity index (χ0) is 18.3. The lowest BCUT2D eigenvalue weighted by molar-refractivity contribution is -0.804. The lowest BCUT2D eigenvalue weighted by atomic mass is 10.1. The number of nitrogens with one attached hydrogen (secondary N) is 1. The zero-order valence-corrected chi connectivity index (χ0v) is 16.7. The largest absolute Gasteiger partial charge is 0.748 e. The second-order valence-electron chi connectivity index (χ2n) is 6.61. The van der Waals surface area contributed by atoms with Crippen LogP contribution in [-0.2, 0) is 10.1 Å². The van der Waals surface area contributed by atoms with Crippen LogP contribution in [-0.4, -0.2) is 25.8 Å². The van der Waals surface area contributed by atoms with Gasteiger partial charge in [0, 0.05) is 18.8 Å². The van der Waals surface area contributed by atoms with Gasteiger partial charge in [0.1, 0.15) is 5.70 Å². The van der Waals surface area contributed by atoms with Gasteiger partial charge in [-0.15, -0.1) is 0 Å². The summed E-state index contributed by atoms with van der Waals surface area (Å²) in [6.45, 7) is 5.86. The van der Waals surface area contributed by atoms with Crippen molar-refractivity contribution in [2.75, 3.05) is 12.8 Å². The third-order valence-corrected chi connectivity index (χ3v) is 4.08. The fourth-order valence-corrected chi connectivity index (χ4v) is 2.88. The van der Waals surface area contributed by atoms with Gasteiger partial charge < -0.3 is 4.55 Å². The van der Waals surface area contributed by atoms with Gasteiger partial charge in [0.05, 0.1) is 22.9 Å². The van der Waals surface area contributed by atoms with Crippen LogP contribution >= 0.6 is 0 Å². The molecule has 1 aliphatic heterocycles. The van der Waals surface area contributed by atoms with Crippen molar-refractivity contribution in [3.63, 3.8) is 0 Å². The van der Waals surface area contributed by atoms with Gasteiger partial charge in [-0.25, -0.2) is 8.42 Å². The second kappa shape index (κ2) is 14.7. The lowest BCUT2D eigenvalue weighted by Crippen LogP contribution is -3.04. The van der Waals surface area contributed by atoms with Gasteiger partial charge in [-0.2, -0.15) is 0 Å². The van der Waals surface area contributed by atoms with E-state index in [1.165, 1.54) is 77.2 Å². The lowest BCUT2D eigenvalue weighted by Gasteiger charge is -2.13. The Morgan fingerprint density at radius 1 is 0.917 bits per heavy atom. The standard InChI is InChI=1S/C18H33N.CH4O3S/c1-3-5-6-7-8-9-10-11-12-16-19-17-13-15-18(19)14-4-2;1-5(2,3)4/h13,15,17H,3-12,14,16H2,1-2H3;1H3,(H,2,3,4). The van der Waals surface area contributed by atoms with Crippen LogP contribution in [0.1, 0.15) is 84.5 Å². The SMILES string of the molecule is CCCCCCCCCCC[NH+]1C=CC=C1CCC.CS(=O)(=O)[O-]. The third kappa shape index (κ3) is 16.2. The van der Waals surface area contributed by atoms with Crippen molar-refractivity contribution in [1.82, 2.24) is 0 Å². The van der Waals surface area contributed by atoms with Crippen molar-refractivity contribution in [1.29, 1.82) is 0 Å². The molecule has 0 aromatic carbocycles. The highest BCUT2D eigenvalue weighted by Crippen LogP contribution is 2.09. The number of hydrogen-bond acceptors (Lipinski definition) is 3. The Bertz CT molecular complexity index is 447. The first-order valence-corrected chi connectivity index (χ1v) is 11.3. The van der Waals surface area contributed by atoms with Crippen LogP contribution < -0.4 is 4.90 Å². The number of quaternary nitrogens is 1. The summed E-state index contributed by atoms with van der Waals surface area (Å²) in [5.74, 6) is 0. The summed E-state index contributed by atoms with van der Waals surface area (Å²) >= 11 is 0. The molecule has 1 rings (SSSR count). The third-order valence-electron chi connectivity index (χ3n) is 4.08. The van der Waals surface area contributed by atoms with E-state index in [4.69, 9.17) is 13.0 Å². The molecule has 5 heteroatoms. The van der Waals surface area contributed by atoms with Crippen LogP contribution in [0.5, 0.6) is 0 Å². The van der Waals surface area contributed by atoms with E-state index in [1.54, 1.807) is 10.6 Å². The summed E-state index contributed by atoms with van der Waals surface area (Å²) in [5.41, 5.74) is 1.60. The maximum atomic E-state index is 9.08. The van der Waals surface area contributed by atoms with E-state index in [1.807, 2.05) is 0 Å². The maximum absolute atomic E-state index is 9.08. The maximum Gasteiger partial charge on any atom is 0.112 e. The molecule has 4 nitrogen and oxygen atoms in total.